The van der Waals surface area contributed by atoms with Gasteiger partial charge in [-0.3, -0.25) is 13.9 Å². The van der Waals surface area contributed by atoms with Crippen molar-refractivity contribution in [2.24, 2.45) is 0 Å². The number of nitrogens with one attached hydrogen (secondary N) is 1. The first-order valence-corrected chi connectivity index (χ1v) is 13.6. The van der Waals surface area contributed by atoms with E-state index in [-0.39, 0.29) is 31.3 Å². The number of carbonyl (C=O) groups excluding carboxylic acids is 2. The van der Waals surface area contributed by atoms with Crippen LogP contribution in [-0.4, -0.2) is 57.6 Å². The molecule has 1 unspecified atom stereocenters. The molecule has 8 nitrogen and oxygen atoms in total. The number of anilines is 1. The molecule has 2 rings (SSSR count). The second-order valence-electron chi connectivity index (χ2n) is 8.67. The van der Waals surface area contributed by atoms with Crippen LogP contribution in [0.5, 0.6) is 5.75 Å². The average Bonchev–Trinajstić information content (AvgIpc) is 2.81. The van der Waals surface area contributed by atoms with Crippen LogP contribution in [-0.2, 0) is 26.2 Å². The highest BCUT2D eigenvalue weighted by molar-refractivity contribution is 7.92. The summed E-state index contributed by atoms with van der Waals surface area (Å²) in [4.78, 5) is 27.3. The van der Waals surface area contributed by atoms with Gasteiger partial charge >= 0.3 is 0 Å². The van der Waals surface area contributed by atoms with E-state index < -0.39 is 16.1 Å². The first-order valence-electron chi connectivity index (χ1n) is 11.7. The SMILES string of the molecule is CCNC(=O)C(C)N(Cc1ccc(OC)cc1)C(=O)CCCN(c1cc(C)ccc1C)S(C)(=O)=O. The van der Waals surface area contributed by atoms with Crippen molar-refractivity contribution in [1.82, 2.24) is 10.2 Å². The van der Waals surface area contributed by atoms with Crippen LogP contribution in [0, 0.1) is 13.8 Å². The number of hydrogen-bond donors (Lipinski definition) is 1. The van der Waals surface area contributed by atoms with Gasteiger partial charge in [-0.15, -0.1) is 0 Å². The summed E-state index contributed by atoms with van der Waals surface area (Å²) in [6.45, 7) is 8.19. The zero-order chi connectivity index (χ0) is 26.2. The summed E-state index contributed by atoms with van der Waals surface area (Å²) in [5.41, 5.74) is 3.28. The van der Waals surface area contributed by atoms with Crippen LogP contribution < -0.4 is 14.4 Å². The molecule has 0 aliphatic carbocycles. The maximum absolute atomic E-state index is 13.3. The molecule has 0 bridgehead atoms. The van der Waals surface area contributed by atoms with Gasteiger partial charge in [0.15, 0.2) is 0 Å². The van der Waals surface area contributed by atoms with Crippen molar-refractivity contribution < 1.29 is 22.7 Å². The minimum absolute atomic E-state index is 0.108. The highest BCUT2D eigenvalue weighted by atomic mass is 32.2. The van der Waals surface area contributed by atoms with Crippen molar-refractivity contribution in [3.63, 3.8) is 0 Å². The van der Waals surface area contributed by atoms with Gasteiger partial charge in [0, 0.05) is 26.1 Å². The van der Waals surface area contributed by atoms with E-state index >= 15 is 0 Å². The molecule has 0 heterocycles. The number of likely N-dealkylation sites (N-methyl/N-ethyl adjacent to an activating group) is 1. The van der Waals surface area contributed by atoms with Gasteiger partial charge in [0.25, 0.3) is 0 Å². The summed E-state index contributed by atoms with van der Waals surface area (Å²) in [5, 5.41) is 2.77. The van der Waals surface area contributed by atoms with Gasteiger partial charge in [-0.2, -0.15) is 0 Å². The Kier molecular flexibility index (Phi) is 10.1. The molecule has 0 saturated carbocycles. The normalized spacial score (nSPS) is 12.1. The van der Waals surface area contributed by atoms with E-state index in [1.165, 1.54) is 15.5 Å². The predicted octanol–water partition coefficient (Wildman–Crippen LogP) is 3.41. The van der Waals surface area contributed by atoms with Crippen molar-refractivity contribution in [3.8, 4) is 5.75 Å². The number of hydrogen-bond acceptors (Lipinski definition) is 5. The number of aryl methyl sites for hydroxylation is 2. The molecule has 0 aliphatic rings. The van der Waals surface area contributed by atoms with Gasteiger partial charge in [0.1, 0.15) is 11.8 Å². The van der Waals surface area contributed by atoms with Crippen LogP contribution in [0.1, 0.15) is 43.4 Å². The number of rotatable bonds is 12. The number of carbonyl (C=O) groups is 2. The Bertz CT molecular complexity index is 1120. The maximum atomic E-state index is 13.3. The number of methoxy groups -OCH3 is 1. The lowest BCUT2D eigenvalue weighted by Gasteiger charge is -2.29. The van der Waals surface area contributed by atoms with Gasteiger partial charge in [-0.25, -0.2) is 8.42 Å². The standard InChI is InChI=1S/C26H37N3O5S/c1-7-27-26(31)21(4)28(18-22-12-14-23(34-5)15-13-22)25(30)9-8-16-29(35(6,32)33)24-17-19(2)10-11-20(24)3/h10-15,17,21H,7-9,16,18H2,1-6H3,(H,27,31). The molecule has 0 spiro atoms. The third kappa shape index (κ3) is 7.99. The smallest absolute Gasteiger partial charge is 0.242 e. The Morgan fingerprint density at radius 2 is 1.74 bits per heavy atom. The van der Waals surface area contributed by atoms with Crippen molar-refractivity contribution in [2.75, 3.05) is 30.8 Å². The van der Waals surface area contributed by atoms with E-state index in [9.17, 15) is 18.0 Å². The molecule has 2 amide bonds. The fourth-order valence-electron chi connectivity index (χ4n) is 3.80. The second kappa shape index (κ2) is 12.6. The zero-order valence-corrected chi connectivity index (χ0v) is 22.3. The molecule has 0 aliphatic heterocycles. The van der Waals surface area contributed by atoms with Crippen molar-refractivity contribution in [3.05, 3.63) is 59.2 Å². The molecule has 2 aromatic rings. The summed E-state index contributed by atoms with van der Waals surface area (Å²) < 4.78 is 31.6. The van der Waals surface area contributed by atoms with E-state index in [2.05, 4.69) is 5.32 Å². The molecule has 192 valence electrons. The van der Waals surface area contributed by atoms with Gasteiger partial charge < -0.3 is 15.0 Å². The van der Waals surface area contributed by atoms with E-state index in [0.717, 1.165) is 16.7 Å². The second-order valence-corrected chi connectivity index (χ2v) is 10.6. The summed E-state index contributed by atoms with van der Waals surface area (Å²) in [6.07, 6.45) is 1.60. The topological polar surface area (TPSA) is 96.0 Å². The molecule has 0 saturated heterocycles. The molecular formula is C26H37N3O5S. The van der Waals surface area contributed by atoms with Crippen LogP contribution in [0.4, 0.5) is 5.69 Å². The number of sulfonamides is 1. The molecular weight excluding hydrogens is 466 g/mol. The molecule has 0 aromatic heterocycles. The molecule has 35 heavy (non-hydrogen) atoms. The highest BCUT2D eigenvalue weighted by Gasteiger charge is 2.26. The fraction of sp³-hybridized carbons (Fsp3) is 0.462. The number of ether oxygens (including phenoxy) is 1. The fourth-order valence-corrected chi connectivity index (χ4v) is 4.82. The Balaban J connectivity index is 2.19. The van der Waals surface area contributed by atoms with Gasteiger partial charge in [0.2, 0.25) is 21.8 Å². The summed E-state index contributed by atoms with van der Waals surface area (Å²) in [6, 6.07) is 12.3. The lowest BCUT2D eigenvalue weighted by molar-refractivity contribution is -0.140. The lowest BCUT2D eigenvalue weighted by atomic mass is 10.1. The minimum Gasteiger partial charge on any atom is -0.497 e. The summed E-state index contributed by atoms with van der Waals surface area (Å²) in [7, 11) is -1.95. The summed E-state index contributed by atoms with van der Waals surface area (Å²) in [5.74, 6) is 0.257. The molecule has 9 heteroatoms. The van der Waals surface area contributed by atoms with Gasteiger partial charge in [0.05, 0.1) is 19.1 Å². The first kappa shape index (κ1) is 28.2. The highest BCUT2D eigenvalue weighted by Crippen LogP contribution is 2.25. The quantitative estimate of drug-likeness (QED) is 0.479. The van der Waals surface area contributed by atoms with Crippen molar-refractivity contribution in [1.29, 1.82) is 0 Å². The molecule has 0 radical (unpaired) electrons. The minimum atomic E-state index is -3.54. The lowest BCUT2D eigenvalue weighted by Crippen LogP contribution is -2.47. The predicted molar refractivity (Wildman–Crippen MR) is 139 cm³/mol. The van der Waals surface area contributed by atoms with Crippen molar-refractivity contribution in [2.45, 2.75) is 53.1 Å². The third-order valence-electron chi connectivity index (χ3n) is 5.82. The molecule has 0 fully saturated rings. The Hall–Kier alpha value is -3.07. The molecule has 2 aromatic carbocycles. The maximum Gasteiger partial charge on any atom is 0.242 e. The van der Waals surface area contributed by atoms with Crippen LogP contribution in [0.15, 0.2) is 42.5 Å². The number of benzene rings is 2. The molecule has 1 N–H and O–H groups in total. The number of amides is 2. The zero-order valence-electron chi connectivity index (χ0n) is 21.5. The van der Waals surface area contributed by atoms with Crippen LogP contribution in [0.3, 0.4) is 0 Å². The summed E-state index contributed by atoms with van der Waals surface area (Å²) >= 11 is 0. The van der Waals surface area contributed by atoms with Gasteiger partial charge in [-0.1, -0.05) is 24.3 Å². The first-order chi connectivity index (χ1) is 16.5. The Morgan fingerprint density at radius 1 is 1.09 bits per heavy atom. The van der Waals surface area contributed by atoms with Crippen LogP contribution in [0.25, 0.3) is 0 Å². The van der Waals surface area contributed by atoms with E-state index in [4.69, 9.17) is 4.74 Å². The van der Waals surface area contributed by atoms with Crippen molar-refractivity contribution >= 4 is 27.5 Å². The number of nitrogens with zero attached hydrogens (tertiary/aromatic N) is 2. The largest absolute Gasteiger partial charge is 0.497 e. The van der Waals surface area contributed by atoms with E-state index in [0.29, 0.717) is 24.4 Å². The monoisotopic (exact) mass is 503 g/mol. The van der Waals surface area contributed by atoms with E-state index in [1.54, 1.807) is 14.0 Å². The Morgan fingerprint density at radius 3 is 2.31 bits per heavy atom. The third-order valence-corrected chi connectivity index (χ3v) is 7.00. The van der Waals surface area contributed by atoms with E-state index in [1.807, 2.05) is 63.2 Å². The van der Waals surface area contributed by atoms with Crippen LogP contribution >= 0.6 is 0 Å². The van der Waals surface area contributed by atoms with Gasteiger partial charge in [-0.05, 0) is 69.0 Å². The average molecular weight is 504 g/mol. The van der Waals surface area contributed by atoms with Crippen LogP contribution in [0.2, 0.25) is 0 Å². The molecule has 1 atom stereocenters. The Labute approximate surface area is 209 Å².